The van der Waals surface area contributed by atoms with Crippen molar-refractivity contribution in [1.82, 2.24) is 9.97 Å². The van der Waals surface area contributed by atoms with Crippen LogP contribution in [0.3, 0.4) is 0 Å². The summed E-state index contributed by atoms with van der Waals surface area (Å²) in [6.45, 7) is 6.77. The van der Waals surface area contributed by atoms with E-state index in [9.17, 15) is 0 Å². The van der Waals surface area contributed by atoms with E-state index in [2.05, 4.69) is 23.8 Å². The second-order valence-electron chi connectivity index (χ2n) is 4.11. The molecule has 0 saturated carbocycles. The van der Waals surface area contributed by atoms with Crippen molar-refractivity contribution in [2.24, 2.45) is 11.7 Å². The van der Waals surface area contributed by atoms with Gasteiger partial charge in [0.1, 0.15) is 0 Å². The third-order valence-electron chi connectivity index (χ3n) is 2.00. The lowest BCUT2D eigenvalue weighted by molar-refractivity contribution is 0.184. The van der Waals surface area contributed by atoms with E-state index < -0.39 is 0 Å². The van der Waals surface area contributed by atoms with Crippen molar-refractivity contribution in [3.8, 4) is 5.88 Å². The average molecular weight is 209 g/mol. The topological polar surface area (TPSA) is 61.0 Å². The lowest BCUT2D eigenvalue weighted by Crippen LogP contribution is -2.16. The predicted molar refractivity (Wildman–Crippen MR) is 59.5 cm³/mol. The summed E-state index contributed by atoms with van der Waals surface area (Å²) < 4.78 is 5.64. The Hall–Kier alpha value is -1.16. The summed E-state index contributed by atoms with van der Waals surface area (Å²) in [5.41, 5.74) is 6.23. The number of ether oxygens (including phenoxy) is 1. The molecule has 0 aliphatic heterocycles. The quantitative estimate of drug-likeness (QED) is 0.802. The highest BCUT2D eigenvalue weighted by Gasteiger charge is 2.07. The first-order valence-electron chi connectivity index (χ1n) is 5.29. The first kappa shape index (κ1) is 11.9. The van der Waals surface area contributed by atoms with Gasteiger partial charge in [0.05, 0.1) is 18.0 Å². The molecule has 0 bridgehead atoms. The Bertz CT molecular complexity index is 302. The minimum Gasteiger partial charge on any atom is -0.474 e. The molecule has 2 N–H and O–H groups in total. The molecule has 0 radical (unpaired) electrons. The molecule has 84 valence electrons. The van der Waals surface area contributed by atoms with Crippen LogP contribution >= 0.6 is 0 Å². The van der Waals surface area contributed by atoms with Crippen LogP contribution in [0.25, 0.3) is 0 Å². The first-order valence-corrected chi connectivity index (χ1v) is 5.29. The lowest BCUT2D eigenvalue weighted by atomic mass is 10.1. The molecule has 1 aromatic rings. The minimum atomic E-state index is 0.160. The van der Waals surface area contributed by atoms with Crippen LogP contribution in [0.5, 0.6) is 5.88 Å². The standard InChI is InChI=1S/C11H19N3O/c1-8(2)4-9(3)15-11-7-13-6-10(5-12)14-11/h6-9H,4-5,12H2,1-3H3. The number of hydrogen-bond acceptors (Lipinski definition) is 4. The van der Waals surface area contributed by atoms with E-state index in [-0.39, 0.29) is 6.10 Å². The summed E-state index contributed by atoms with van der Waals surface area (Å²) in [4.78, 5) is 8.25. The zero-order valence-electron chi connectivity index (χ0n) is 9.60. The minimum absolute atomic E-state index is 0.160. The molecule has 1 atom stereocenters. The lowest BCUT2D eigenvalue weighted by Gasteiger charge is -2.15. The van der Waals surface area contributed by atoms with Gasteiger partial charge in [-0.1, -0.05) is 13.8 Å². The zero-order valence-corrected chi connectivity index (χ0v) is 9.60. The third-order valence-corrected chi connectivity index (χ3v) is 2.00. The first-order chi connectivity index (χ1) is 7.11. The molecule has 0 fully saturated rings. The molecule has 1 unspecified atom stereocenters. The van der Waals surface area contributed by atoms with Crippen molar-refractivity contribution in [1.29, 1.82) is 0 Å². The summed E-state index contributed by atoms with van der Waals surface area (Å²) in [5, 5.41) is 0. The number of aromatic nitrogens is 2. The Balaban J connectivity index is 2.55. The van der Waals surface area contributed by atoms with E-state index >= 15 is 0 Å². The highest BCUT2D eigenvalue weighted by Crippen LogP contribution is 2.12. The molecule has 1 heterocycles. The van der Waals surface area contributed by atoms with E-state index in [1.54, 1.807) is 12.4 Å². The second-order valence-corrected chi connectivity index (χ2v) is 4.11. The fourth-order valence-electron chi connectivity index (χ4n) is 1.46. The van der Waals surface area contributed by atoms with Gasteiger partial charge >= 0.3 is 0 Å². The van der Waals surface area contributed by atoms with Crippen molar-refractivity contribution in [2.45, 2.75) is 39.8 Å². The Kier molecular flexibility index (Phi) is 4.49. The van der Waals surface area contributed by atoms with Crippen molar-refractivity contribution in [3.63, 3.8) is 0 Å². The Morgan fingerprint density at radius 2 is 2.07 bits per heavy atom. The molecule has 0 amide bonds. The molecule has 0 saturated heterocycles. The van der Waals surface area contributed by atoms with E-state index in [0.717, 1.165) is 12.1 Å². The summed E-state index contributed by atoms with van der Waals surface area (Å²) in [6, 6.07) is 0. The number of nitrogens with two attached hydrogens (primary N) is 1. The molecule has 0 aromatic carbocycles. The summed E-state index contributed by atoms with van der Waals surface area (Å²) >= 11 is 0. The number of rotatable bonds is 5. The van der Waals surface area contributed by atoms with Crippen LogP contribution in [0.15, 0.2) is 12.4 Å². The average Bonchev–Trinajstić information content (AvgIpc) is 2.16. The van der Waals surface area contributed by atoms with Gasteiger partial charge in [-0.25, -0.2) is 4.98 Å². The maximum atomic E-state index is 5.64. The number of hydrogen-bond donors (Lipinski definition) is 1. The van der Waals surface area contributed by atoms with Crippen molar-refractivity contribution in [3.05, 3.63) is 18.1 Å². The molecule has 1 rings (SSSR count). The molecule has 1 aromatic heterocycles. The van der Waals surface area contributed by atoms with Crippen LogP contribution in [0.4, 0.5) is 0 Å². The number of nitrogens with zero attached hydrogens (tertiary/aromatic N) is 2. The fourth-order valence-corrected chi connectivity index (χ4v) is 1.46. The Morgan fingerprint density at radius 1 is 1.33 bits per heavy atom. The fraction of sp³-hybridized carbons (Fsp3) is 0.636. The highest BCUT2D eigenvalue weighted by atomic mass is 16.5. The van der Waals surface area contributed by atoms with E-state index in [4.69, 9.17) is 10.5 Å². The molecule has 0 aliphatic carbocycles. The van der Waals surface area contributed by atoms with Gasteiger partial charge in [0.2, 0.25) is 5.88 Å². The Labute approximate surface area is 90.9 Å². The molecule has 0 spiro atoms. The maximum absolute atomic E-state index is 5.64. The summed E-state index contributed by atoms with van der Waals surface area (Å²) in [5.74, 6) is 1.18. The van der Waals surface area contributed by atoms with Crippen molar-refractivity contribution in [2.75, 3.05) is 0 Å². The molecular formula is C11H19N3O. The maximum Gasteiger partial charge on any atom is 0.232 e. The van der Waals surface area contributed by atoms with Crippen molar-refractivity contribution < 1.29 is 4.74 Å². The van der Waals surface area contributed by atoms with Crippen molar-refractivity contribution >= 4 is 0 Å². The summed E-state index contributed by atoms with van der Waals surface area (Å²) in [6.07, 6.45) is 4.44. The van der Waals surface area contributed by atoms with E-state index in [0.29, 0.717) is 18.3 Å². The normalized spacial score (nSPS) is 12.9. The van der Waals surface area contributed by atoms with Crippen LogP contribution in [-0.2, 0) is 6.54 Å². The highest BCUT2D eigenvalue weighted by molar-refractivity contribution is 5.08. The van der Waals surface area contributed by atoms with E-state index in [1.165, 1.54) is 0 Å². The van der Waals surface area contributed by atoms with Crippen LogP contribution in [0.2, 0.25) is 0 Å². The molecule has 0 aliphatic rings. The molecular weight excluding hydrogens is 190 g/mol. The second kappa shape index (κ2) is 5.66. The smallest absolute Gasteiger partial charge is 0.232 e. The van der Waals surface area contributed by atoms with Gasteiger partial charge in [-0.05, 0) is 19.3 Å². The van der Waals surface area contributed by atoms with Gasteiger partial charge in [-0.3, -0.25) is 4.98 Å². The van der Waals surface area contributed by atoms with Gasteiger partial charge in [0.25, 0.3) is 0 Å². The monoisotopic (exact) mass is 209 g/mol. The molecule has 4 nitrogen and oxygen atoms in total. The van der Waals surface area contributed by atoms with Crippen LogP contribution < -0.4 is 10.5 Å². The van der Waals surface area contributed by atoms with E-state index in [1.807, 2.05) is 6.92 Å². The van der Waals surface area contributed by atoms with Gasteiger partial charge in [0.15, 0.2) is 0 Å². The predicted octanol–water partition coefficient (Wildman–Crippen LogP) is 1.75. The SMILES string of the molecule is CC(C)CC(C)Oc1cncc(CN)n1. The molecule has 4 heteroatoms. The van der Waals surface area contributed by atoms with Gasteiger partial charge in [-0.2, -0.15) is 0 Å². The third kappa shape index (κ3) is 4.25. The largest absolute Gasteiger partial charge is 0.474 e. The zero-order chi connectivity index (χ0) is 11.3. The summed E-state index contributed by atoms with van der Waals surface area (Å²) in [7, 11) is 0. The van der Waals surface area contributed by atoms with Crippen LogP contribution in [0, 0.1) is 5.92 Å². The van der Waals surface area contributed by atoms with Crippen LogP contribution in [-0.4, -0.2) is 16.1 Å². The van der Waals surface area contributed by atoms with Gasteiger partial charge in [-0.15, -0.1) is 0 Å². The van der Waals surface area contributed by atoms with Crippen LogP contribution in [0.1, 0.15) is 32.9 Å². The molecule has 15 heavy (non-hydrogen) atoms. The Morgan fingerprint density at radius 3 is 2.67 bits per heavy atom. The van der Waals surface area contributed by atoms with Gasteiger partial charge in [0, 0.05) is 12.7 Å². The van der Waals surface area contributed by atoms with Gasteiger partial charge < -0.3 is 10.5 Å².